The first kappa shape index (κ1) is 16.0. The van der Waals surface area contributed by atoms with Gasteiger partial charge in [-0.25, -0.2) is 0 Å². The van der Waals surface area contributed by atoms with Gasteiger partial charge < -0.3 is 5.32 Å². The molecule has 1 aromatic carbocycles. The van der Waals surface area contributed by atoms with E-state index < -0.39 is 5.92 Å². The number of nitrogens with one attached hydrogen (secondary N) is 2. The van der Waals surface area contributed by atoms with Crippen LogP contribution in [-0.4, -0.2) is 11.7 Å². The molecule has 0 radical (unpaired) electrons. The standard InChI is InChI=1S/C18H14N4O/c1-11-16(12(2)23)17(13-6-4-3-5-7-13)15(10-21)18(22-11)14(8-19)9-20/h3-7,17,19,22H,1-2H3/t17-/m1/s1. The van der Waals surface area contributed by atoms with Gasteiger partial charge in [-0.1, -0.05) is 30.3 Å². The largest absolute Gasteiger partial charge is 0.356 e. The number of allylic oxidation sites excluding steroid dienone is 4. The van der Waals surface area contributed by atoms with E-state index in [-0.39, 0.29) is 22.6 Å². The number of benzene rings is 1. The summed E-state index contributed by atoms with van der Waals surface area (Å²) < 4.78 is 0. The summed E-state index contributed by atoms with van der Waals surface area (Å²) in [7, 11) is 0. The number of carbonyl (C=O) groups is 1. The molecule has 1 heterocycles. The van der Waals surface area contributed by atoms with Crippen molar-refractivity contribution in [3.63, 3.8) is 0 Å². The predicted molar refractivity (Wildman–Crippen MR) is 85.2 cm³/mol. The lowest BCUT2D eigenvalue weighted by Crippen LogP contribution is -2.28. The van der Waals surface area contributed by atoms with E-state index in [0.29, 0.717) is 11.3 Å². The minimum absolute atomic E-state index is 0.0653. The zero-order chi connectivity index (χ0) is 17.0. The zero-order valence-electron chi connectivity index (χ0n) is 12.8. The van der Waals surface area contributed by atoms with E-state index in [2.05, 4.69) is 11.4 Å². The van der Waals surface area contributed by atoms with Crippen LogP contribution in [0.3, 0.4) is 0 Å². The van der Waals surface area contributed by atoms with Crippen molar-refractivity contribution in [2.45, 2.75) is 19.8 Å². The smallest absolute Gasteiger partial charge is 0.158 e. The van der Waals surface area contributed by atoms with E-state index in [1.54, 1.807) is 6.92 Å². The third-order valence-corrected chi connectivity index (χ3v) is 3.68. The Bertz CT molecular complexity index is 857. The van der Waals surface area contributed by atoms with Gasteiger partial charge in [0.1, 0.15) is 11.6 Å². The molecule has 5 nitrogen and oxygen atoms in total. The minimum atomic E-state index is -0.563. The number of Topliss-reactive ketones (excluding diaryl/α,β-unsaturated/α-hetero) is 1. The topological polar surface area (TPSA) is 101 Å². The van der Waals surface area contributed by atoms with Crippen molar-refractivity contribution in [2.75, 3.05) is 0 Å². The van der Waals surface area contributed by atoms with Crippen LogP contribution < -0.4 is 5.32 Å². The molecule has 0 amide bonds. The molecule has 0 bridgehead atoms. The van der Waals surface area contributed by atoms with Gasteiger partial charge in [-0.05, 0) is 25.3 Å². The lowest BCUT2D eigenvalue weighted by atomic mass is 9.78. The minimum Gasteiger partial charge on any atom is -0.356 e. The Hall–Kier alpha value is -3.40. The monoisotopic (exact) mass is 302 g/mol. The van der Waals surface area contributed by atoms with Crippen LogP contribution in [0.2, 0.25) is 0 Å². The summed E-state index contributed by atoms with van der Waals surface area (Å²) in [6.45, 7) is 3.17. The first-order valence-corrected chi connectivity index (χ1v) is 6.93. The molecule has 0 saturated heterocycles. The van der Waals surface area contributed by atoms with Crippen LogP contribution in [0.25, 0.3) is 0 Å². The van der Waals surface area contributed by atoms with Crippen LogP contribution in [0, 0.1) is 28.1 Å². The van der Waals surface area contributed by atoms with E-state index in [1.165, 1.54) is 6.92 Å². The Morgan fingerprint density at radius 1 is 1.26 bits per heavy atom. The molecule has 1 aliphatic rings. The van der Waals surface area contributed by atoms with Crippen molar-refractivity contribution in [1.29, 1.82) is 15.9 Å². The number of nitriles is 2. The molecule has 0 aliphatic carbocycles. The van der Waals surface area contributed by atoms with E-state index in [4.69, 9.17) is 5.41 Å². The van der Waals surface area contributed by atoms with Crippen LogP contribution in [0.1, 0.15) is 25.3 Å². The van der Waals surface area contributed by atoms with Crippen LogP contribution in [-0.2, 0) is 4.79 Å². The van der Waals surface area contributed by atoms with Crippen molar-refractivity contribution < 1.29 is 4.79 Å². The molecule has 5 heteroatoms. The summed E-state index contributed by atoms with van der Waals surface area (Å²) in [6, 6.07) is 13.1. The molecule has 1 aliphatic heterocycles. The van der Waals surface area contributed by atoms with Gasteiger partial charge in [0.05, 0.1) is 23.3 Å². The number of hydrogen-bond acceptors (Lipinski definition) is 5. The number of hydrogen-bond donors (Lipinski definition) is 2. The first-order valence-electron chi connectivity index (χ1n) is 6.93. The first-order chi connectivity index (χ1) is 11.0. The quantitative estimate of drug-likeness (QED) is 0.662. The molecule has 2 rings (SSSR count). The molecule has 0 fully saturated rings. The van der Waals surface area contributed by atoms with E-state index >= 15 is 0 Å². The van der Waals surface area contributed by atoms with Crippen LogP contribution in [0.4, 0.5) is 0 Å². The molecular weight excluding hydrogens is 288 g/mol. The third kappa shape index (κ3) is 2.82. The molecule has 112 valence electrons. The Labute approximate surface area is 134 Å². The van der Waals surface area contributed by atoms with Crippen molar-refractivity contribution >= 4 is 11.7 Å². The number of carbonyl (C=O) groups excluding carboxylic acids is 1. The molecule has 1 atom stereocenters. The highest BCUT2D eigenvalue weighted by molar-refractivity contribution is 5.97. The molecular formula is C18H14N4O. The van der Waals surface area contributed by atoms with Crippen molar-refractivity contribution in [3.05, 3.63) is 64.0 Å². The number of ketones is 1. The fourth-order valence-corrected chi connectivity index (χ4v) is 2.74. The van der Waals surface area contributed by atoms with Gasteiger partial charge in [0.15, 0.2) is 5.78 Å². The zero-order valence-corrected chi connectivity index (χ0v) is 12.8. The second-order valence-electron chi connectivity index (χ2n) is 5.08. The fraction of sp³-hybridized carbons (Fsp3) is 0.167. The summed E-state index contributed by atoms with van der Waals surface area (Å²) in [4.78, 5) is 12.1. The van der Waals surface area contributed by atoms with Gasteiger partial charge in [-0.2, -0.15) is 10.5 Å². The summed E-state index contributed by atoms with van der Waals surface area (Å²) in [6.07, 6.45) is 0. The van der Waals surface area contributed by atoms with Crippen LogP contribution >= 0.6 is 0 Å². The second kappa shape index (κ2) is 6.58. The molecule has 2 N–H and O–H groups in total. The Morgan fingerprint density at radius 2 is 1.91 bits per heavy atom. The van der Waals surface area contributed by atoms with Gasteiger partial charge in [0.2, 0.25) is 0 Å². The van der Waals surface area contributed by atoms with Crippen LogP contribution in [0.5, 0.6) is 0 Å². The summed E-state index contributed by atoms with van der Waals surface area (Å²) in [5, 5.41) is 29.0. The van der Waals surface area contributed by atoms with Gasteiger partial charge >= 0.3 is 0 Å². The lowest BCUT2D eigenvalue weighted by Gasteiger charge is -2.29. The summed E-state index contributed by atoms with van der Waals surface area (Å²) >= 11 is 0. The Kier molecular flexibility index (Phi) is 4.57. The maximum absolute atomic E-state index is 12.1. The molecule has 0 spiro atoms. The molecule has 0 aromatic heterocycles. The summed E-state index contributed by atoms with van der Waals surface area (Å²) in [5.41, 5.74) is 2.26. The van der Waals surface area contributed by atoms with E-state index in [1.807, 2.05) is 42.3 Å². The fourth-order valence-electron chi connectivity index (χ4n) is 2.74. The van der Waals surface area contributed by atoms with E-state index in [9.17, 15) is 15.3 Å². The normalized spacial score (nSPS) is 16.8. The molecule has 0 saturated carbocycles. The SMILES string of the molecule is CC(=O)C1=C(C)NC(C(=C=N)C#N)=C(C#N)[C@H]1c1ccccc1. The maximum atomic E-state index is 12.1. The summed E-state index contributed by atoms with van der Waals surface area (Å²) in [5.74, 6) is 1.34. The van der Waals surface area contributed by atoms with Gasteiger partial charge in [0.25, 0.3) is 0 Å². The maximum Gasteiger partial charge on any atom is 0.158 e. The highest BCUT2D eigenvalue weighted by atomic mass is 16.1. The van der Waals surface area contributed by atoms with Crippen molar-refractivity contribution in [3.8, 4) is 12.1 Å². The number of dihydropyridines is 1. The van der Waals surface area contributed by atoms with E-state index in [0.717, 1.165) is 5.56 Å². The van der Waals surface area contributed by atoms with Gasteiger partial charge in [-0.15, -0.1) is 0 Å². The lowest BCUT2D eigenvalue weighted by molar-refractivity contribution is -0.113. The second-order valence-corrected chi connectivity index (χ2v) is 5.08. The Morgan fingerprint density at radius 3 is 2.39 bits per heavy atom. The average molecular weight is 302 g/mol. The third-order valence-electron chi connectivity index (χ3n) is 3.68. The Balaban J connectivity index is 2.79. The molecule has 23 heavy (non-hydrogen) atoms. The van der Waals surface area contributed by atoms with Crippen molar-refractivity contribution in [2.24, 2.45) is 0 Å². The van der Waals surface area contributed by atoms with Gasteiger partial charge in [-0.3, -0.25) is 10.2 Å². The molecule has 0 unspecified atom stereocenters. The predicted octanol–water partition coefficient (Wildman–Crippen LogP) is 2.71. The highest BCUT2D eigenvalue weighted by Gasteiger charge is 2.33. The van der Waals surface area contributed by atoms with Crippen molar-refractivity contribution in [1.82, 2.24) is 5.32 Å². The van der Waals surface area contributed by atoms with Gasteiger partial charge in [0, 0.05) is 11.3 Å². The van der Waals surface area contributed by atoms with Crippen LogP contribution in [0.15, 0.2) is 58.4 Å². The highest BCUT2D eigenvalue weighted by Crippen LogP contribution is 2.39. The number of nitrogens with zero attached hydrogens (tertiary/aromatic N) is 2. The average Bonchev–Trinajstić information content (AvgIpc) is 2.55. The molecule has 1 aromatic rings. The number of rotatable bonds is 3.